The molecule has 1 aromatic carbocycles. The summed E-state index contributed by atoms with van der Waals surface area (Å²) < 4.78 is 9.84. The average molecular weight is 475 g/mol. The summed E-state index contributed by atoms with van der Waals surface area (Å²) in [5.41, 5.74) is 8.65. The largest absolute Gasteiger partial charge is 0.463 e. The number of aromatic nitrogens is 2. The first-order valence-corrected chi connectivity index (χ1v) is 11.2. The number of nitrogens with one attached hydrogen (secondary N) is 1. The zero-order valence-electron chi connectivity index (χ0n) is 20.9. The summed E-state index contributed by atoms with van der Waals surface area (Å²) in [6.07, 6.45) is 4.33. The normalized spacial score (nSPS) is 10.3. The molecule has 188 valence electrons. The number of likely N-dealkylation sites (N-methyl/N-ethyl adjacent to an activating group) is 1. The van der Waals surface area contributed by atoms with E-state index >= 15 is 0 Å². The molecule has 0 saturated heterocycles. The molecule has 1 heterocycles. The van der Waals surface area contributed by atoms with E-state index in [2.05, 4.69) is 26.9 Å². The Kier molecular flexibility index (Phi) is 13.9. The van der Waals surface area contributed by atoms with Gasteiger partial charge in [0.15, 0.2) is 11.6 Å². The Morgan fingerprint density at radius 2 is 1.76 bits per heavy atom. The summed E-state index contributed by atoms with van der Waals surface area (Å²) in [5.74, 6) is 0.594. The van der Waals surface area contributed by atoms with Crippen LogP contribution < -0.4 is 20.7 Å². The predicted octanol–water partition coefficient (Wildman–Crippen LogP) is 2.38. The number of nitrogens with zero attached hydrogens (tertiary/aromatic N) is 4. The van der Waals surface area contributed by atoms with Gasteiger partial charge in [-0.15, -0.1) is 0 Å². The van der Waals surface area contributed by atoms with Gasteiger partial charge in [-0.25, -0.2) is 0 Å². The van der Waals surface area contributed by atoms with E-state index in [-0.39, 0.29) is 11.8 Å². The van der Waals surface area contributed by atoms with Crippen LogP contribution in [0, 0.1) is 0 Å². The van der Waals surface area contributed by atoms with E-state index in [4.69, 9.17) is 10.5 Å². The van der Waals surface area contributed by atoms with Crippen LogP contribution in [0.5, 0.6) is 6.01 Å². The lowest BCUT2D eigenvalue weighted by Crippen LogP contribution is -2.24. The zero-order chi connectivity index (χ0) is 25.3. The Morgan fingerprint density at radius 3 is 2.32 bits per heavy atom. The van der Waals surface area contributed by atoms with Crippen molar-refractivity contribution in [3.63, 3.8) is 0 Å². The lowest BCUT2D eigenvalue weighted by Gasteiger charge is -2.21. The number of benzene rings is 1. The van der Waals surface area contributed by atoms with Crippen LogP contribution in [0.2, 0.25) is 0 Å². The molecule has 2 rings (SSSR count). The number of nitrogen functional groups attached to an aromatic ring is 1. The Hall–Kier alpha value is -3.24. The van der Waals surface area contributed by atoms with Crippen LogP contribution in [-0.4, -0.2) is 75.6 Å². The molecule has 0 unspecified atom stereocenters. The van der Waals surface area contributed by atoms with Gasteiger partial charge in [0.1, 0.15) is 12.0 Å². The number of anilines is 3. The molecule has 0 fully saturated rings. The minimum atomic E-state index is 0.154. The molecule has 34 heavy (non-hydrogen) atoms. The van der Waals surface area contributed by atoms with Crippen molar-refractivity contribution in [1.29, 1.82) is 0 Å². The van der Waals surface area contributed by atoms with Crippen molar-refractivity contribution in [2.75, 3.05) is 64.0 Å². The summed E-state index contributed by atoms with van der Waals surface area (Å²) in [7, 11) is 6.87. The average Bonchev–Trinajstić information content (AvgIpc) is 2.82. The molecular formula is C24H38N6O4. The number of methoxy groups -OCH3 is 1. The van der Waals surface area contributed by atoms with Crippen LogP contribution in [0.4, 0.5) is 17.3 Å². The molecule has 0 saturated carbocycles. The number of hydrogen-bond acceptors (Lipinski definition) is 9. The first-order valence-electron chi connectivity index (χ1n) is 11.2. The molecule has 1 amide bonds. The van der Waals surface area contributed by atoms with E-state index in [1.54, 1.807) is 21.3 Å². The van der Waals surface area contributed by atoms with Crippen LogP contribution in [0.3, 0.4) is 0 Å². The van der Waals surface area contributed by atoms with Gasteiger partial charge in [0.25, 0.3) is 0 Å². The fraction of sp³-hybridized carbons (Fsp3) is 0.500. The maximum atomic E-state index is 11.9. The molecule has 0 spiro atoms. The van der Waals surface area contributed by atoms with Crippen LogP contribution in [-0.2, 0) is 27.3 Å². The predicted molar refractivity (Wildman–Crippen MR) is 135 cm³/mol. The van der Waals surface area contributed by atoms with Crippen molar-refractivity contribution in [2.45, 2.75) is 32.7 Å². The molecule has 10 heteroatoms. The summed E-state index contributed by atoms with van der Waals surface area (Å²) in [5, 5.41) is 2.97. The van der Waals surface area contributed by atoms with Crippen molar-refractivity contribution in [1.82, 2.24) is 14.9 Å². The Bertz CT molecular complexity index is 863. The van der Waals surface area contributed by atoms with Crippen molar-refractivity contribution in [3.8, 4) is 6.01 Å². The van der Waals surface area contributed by atoms with E-state index in [1.165, 1.54) is 4.90 Å². The van der Waals surface area contributed by atoms with Crippen LogP contribution in [0.1, 0.15) is 30.9 Å². The highest BCUT2D eigenvalue weighted by Crippen LogP contribution is 2.30. The lowest BCUT2D eigenvalue weighted by molar-refractivity contribution is -0.109. The number of aldehydes is 1. The van der Waals surface area contributed by atoms with Crippen molar-refractivity contribution in [2.24, 2.45) is 0 Å². The number of amides is 1. The van der Waals surface area contributed by atoms with E-state index in [9.17, 15) is 9.59 Å². The Morgan fingerprint density at radius 1 is 1.12 bits per heavy atom. The number of hydrogen-bond donors (Lipinski definition) is 2. The lowest BCUT2D eigenvalue weighted by atomic mass is 10.1. The number of carbonyl (C=O) groups is 2. The van der Waals surface area contributed by atoms with Gasteiger partial charge >= 0.3 is 6.01 Å². The van der Waals surface area contributed by atoms with Crippen LogP contribution in [0.25, 0.3) is 0 Å². The summed E-state index contributed by atoms with van der Waals surface area (Å²) in [4.78, 5) is 34.5. The third-order valence-corrected chi connectivity index (χ3v) is 4.82. The van der Waals surface area contributed by atoms with Crippen molar-refractivity contribution in [3.05, 3.63) is 35.4 Å². The highest BCUT2D eigenvalue weighted by atomic mass is 16.5. The van der Waals surface area contributed by atoms with Gasteiger partial charge in [-0.1, -0.05) is 37.6 Å². The summed E-state index contributed by atoms with van der Waals surface area (Å²) in [6.45, 7) is 4.10. The number of unbranched alkanes of at least 4 members (excludes halogenated alkanes) is 1. The molecule has 0 bridgehead atoms. The second kappa shape index (κ2) is 16.4. The topological polar surface area (TPSA) is 123 Å². The first kappa shape index (κ1) is 28.8. The standard InChI is InChI=1S/C22H32N6O3.C2H6O/c1-4-5-14-31-22-25-20(23)19(24-2)21(26-22)28(16-30)15-18-8-6-17(7-9-18)10-11-27(3)12-13-29;1-3-2/h6-9,13,16,24H,4-5,10-12,14-15H2,1-3H3,(H2,23,25,26);1-2H3. The number of carbonyl (C=O) groups excluding carboxylic acids is 2. The van der Waals surface area contributed by atoms with Crippen molar-refractivity contribution >= 4 is 30.0 Å². The third kappa shape index (κ3) is 9.72. The van der Waals surface area contributed by atoms with Crippen molar-refractivity contribution < 1.29 is 19.1 Å². The highest BCUT2D eigenvalue weighted by molar-refractivity contribution is 5.85. The monoisotopic (exact) mass is 474 g/mol. The number of nitrogens with two attached hydrogens (primary N) is 1. The van der Waals surface area contributed by atoms with Gasteiger partial charge in [-0.05, 0) is 31.0 Å². The first-order chi connectivity index (χ1) is 16.4. The quantitative estimate of drug-likeness (QED) is 0.314. The Labute approximate surface area is 202 Å². The van der Waals surface area contributed by atoms with Gasteiger partial charge in [-0.2, -0.15) is 9.97 Å². The molecule has 1 aromatic heterocycles. The smallest absolute Gasteiger partial charge is 0.320 e. The number of rotatable bonds is 14. The van der Waals surface area contributed by atoms with Gasteiger partial charge in [0.2, 0.25) is 6.41 Å². The second-order valence-corrected chi connectivity index (χ2v) is 7.68. The van der Waals surface area contributed by atoms with Gasteiger partial charge in [0, 0.05) is 27.8 Å². The number of ether oxygens (including phenoxy) is 2. The summed E-state index contributed by atoms with van der Waals surface area (Å²) in [6, 6.07) is 8.17. The minimum absolute atomic E-state index is 0.154. The molecule has 0 atom stereocenters. The van der Waals surface area contributed by atoms with Gasteiger partial charge in [0.05, 0.1) is 19.7 Å². The third-order valence-electron chi connectivity index (χ3n) is 4.82. The van der Waals surface area contributed by atoms with E-state index < -0.39 is 0 Å². The summed E-state index contributed by atoms with van der Waals surface area (Å²) >= 11 is 0. The maximum Gasteiger partial charge on any atom is 0.320 e. The zero-order valence-corrected chi connectivity index (χ0v) is 20.9. The van der Waals surface area contributed by atoms with Gasteiger partial charge < -0.3 is 25.3 Å². The van der Waals surface area contributed by atoms with Crippen LogP contribution in [0.15, 0.2) is 24.3 Å². The maximum absolute atomic E-state index is 11.9. The molecule has 2 aromatic rings. The molecule has 0 aliphatic carbocycles. The molecular weight excluding hydrogens is 436 g/mol. The van der Waals surface area contributed by atoms with E-state index in [1.807, 2.05) is 36.2 Å². The SMILES string of the molecule is CCCCOc1nc(N)c(NC)c(N(C=O)Cc2ccc(CCN(C)CC=O)cc2)n1.COC. The minimum Gasteiger partial charge on any atom is -0.463 e. The fourth-order valence-electron chi connectivity index (χ4n) is 2.97. The van der Waals surface area contributed by atoms with Gasteiger partial charge in [-0.3, -0.25) is 14.6 Å². The fourth-order valence-corrected chi connectivity index (χ4v) is 2.97. The molecule has 0 aliphatic rings. The Balaban J connectivity index is 0.00000182. The van der Waals surface area contributed by atoms with E-state index in [0.29, 0.717) is 31.2 Å². The molecule has 0 radical (unpaired) electrons. The van der Waals surface area contributed by atoms with Crippen LogP contribution >= 0.6 is 0 Å². The molecule has 0 aliphatic heterocycles. The second-order valence-electron chi connectivity index (χ2n) is 7.68. The highest BCUT2D eigenvalue weighted by Gasteiger charge is 2.18. The van der Waals surface area contributed by atoms with E-state index in [0.717, 1.165) is 49.6 Å². The molecule has 10 nitrogen and oxygen atoms in total. The molecule has 3 N–H and O–H groups in total.